The van der Waals surface area contributed by atoms with E-state index in [1.807, 2.05) is 0 Å². The monoisotopic (exact) mass is 1570 g/mol. The van der Waals surface area contributed by atoms with Gasteiger partial charge in [0.15, 0.2) is 12.6 Å². The molecular formula is C67H114N16O27. The van der Waals surface area contributed by atoms with Gasteiger partial charge in [0.05, 0.1) is 243 Å². The number of hydrogen-bond acceptors (Lipinski definition) is 34. The van der Waals surface area contributed by atoms with Crippen LogP contribution >= 0.6 is 0 Å². The zero-order valence-electron chi connectivity index (χ0n) is 63.0. The number of aromatic nitrogens is 9. The zero-order valence-corrected chi connectivity index (χ0v) is 63.0. The number of unbranched alkanes of at least 4 members (excludes halogenated alkanes) is 4. The average molecular weight is 1580 g/mol. The highest BCUT2D eigenvalue weighted by atomic mass is 16.8. The summed E-state index contributed by atoms with van der Waals surface area (Å²) in [6.07, 6.45) is 2.62. The van der Waals surface area contributed by atoms with Crippen molar-refractivity contribution in [3.8, 4) is 0 Å². The van der Waals surface area contributed by atoms with Crippen LogP contribution in [0.2, 0.25) is 0 Å². The van der Waals surface area contributed by atoms with E-state index in [0.717, 1.165) is 6.42 Å². The zero-order chi connectivity index (χ0) is 78.3. The van der Waals surface area contributed by atoms with Crippen molar-refractivity contribution in [2.45, 2.75) is 170 Å². The molecule has 110 heavy (non-hydrogen) atoms. The maximum Gasteiger partial charge on any atom is 0.220 e. The number of fused-ring (bicyclic) bond motifs is 4. The number of amides is 4. The maximum atomic E-state index is 14.1. The van der Waals surface area contributed by atoms with E-state index in [4.69, 9.17) is 95.9 Å². The number of ether oxygens (including phenoxy) is 18. The molecule has 7 rings (SSSR count). The van der Waals surface area contributed by atoms with Crippen LogP contribution in [-0.4, -0.2) is 358 Å². The molecule has 3 aromatic heterocycles. The van der Waals surface area contributed by atoms with Crippen molar-refractivity contribution >= 4 is 23.6 Å². The van der Waals surface area contributed by atoms with E-state index in [2.05, 4.69) is 62.2 Å². The lowest BCUT2D eigenvalue weighted by Gasteiger charge is -2.42. The number of azide groups is 1. The summed E-state index contributed by atoms with van der Waals surface area (Å²) in [6, 6.07) is -1.81. The Bertz CT molecular complexity index is 2960. The van der Waals surface area contributed by atoms with Crippen molar-refractivity contribution in [1.29, 1.82) is 0 Å². The quantitative estimate of drug-likeness (QED) is 0.0116. The summed E-state index contributed by atoms with van der Waals surface area (Å²) in [5, 5.41) is 92.0. The molecule has 0 aliphatic carbocycles. The molecule has 4 bridgehead atoms. The molecule has 0 radical (unpaired) electrons. The molecule has 4 fully saturated rings. The predicted octanol–water partition coefficient (Wildman–Crippen LogP) is -3.31. The molecule has 4 amide bonds. The molecule has 43 heteroatoms. The third-order valence-electron chi connectivity index (χ3n) is 17.4. The Kier molecular flexibility index (Phi) is 43.1. The van der Waals surface area contributed by atoms with Gasteiger partial charge >= 0.3 is 0 Å². The molecule has 7 heterocycles. The minimum atomic E-state index is -1.34. The van der Waals surface area contributed by atoms with Gasteiger partial charge in [0.2, 0.25) is 23.6 Å². The van der Waals surface area contributed by atoms with Crippen LogP contribution in [0, 0.1) is 0 Å². The first-order chi connectivity index (χ1) is 53.5. The second-order valence-electron chi connectivity index (χ2n) is 26.5. The van der Waals surface area contributed by atoms with Crippen molar-refractivity contribution in [1.82, 2.24) is 66.2 Å². The van der Waals surface area contributed by atoms with E-state index in [1.165, 1.54) is 13.8 Å². The number of hydrogen-bond donors (Lipinski definition) is 9. The molecule has 4 aliphatic heterocycles. The van der Waals surface area contributed by atoms with Crippen molar-refractivity contribution in [3.05, 3.63) is 46.1 Å². The van der Waals surface area contributed by atoms with Crippen LogP contribution in [-0.2, 0) is 144 Å². The minimum Gasteiger partial charge on any atom is -0.394 e. The molecule has 4 saturated heterocycles. The van der Waals surface area contributed by atoms with Gasteiger partial charge in [-0.05, 0) is 31.2 Å². The highest BCUT2D eigenvalue weighted by Gasteiger charge is 2.61. The van der Waals surface area contributed by atoms with Gasteiger partial charge in [-0.1, -0.05) is 33.6 Å². The fourth-order valence-electron chi connectivity index (χ4n) is 11.8. The fourth-order valence-corrected chi connectivity index (χ4v) is 11.8. The molecule has 9 N–H and O–H groups in total. The van der Waals surface area contributed by atoms with Crippen LogP contribution in [0.1, 0.15) is 82.3 Å². The summed E-state index contributed by atoms with van der Waals surface area (Å²) in [7, 11) is 0. The lowest BCUT2D eigenvalue weighted by Crippen LogP contribution is -2.66. The van der Waals surface area contributed by atoms with E-state index in [0.29, 0.717) is 187 Å². The maximum absolute atomic E-state index is 14.1. The summed E-state index contributed by atoms with van der Waals surface area (Å²) in [5.74, 6) is -1.13. The molecule has 624 valence electrons. The number of carbonyl (C=O) groups excluding carboxylic acids is 4. The van der Waals surface area contributed by atoms with Crippen molar-refractivity contribution < 1.29 is 130 Å². The Labute approximate surface area is 637 Å². The highest BCUT2D eigenvalue weighted by molar-refractivity contribution is 5.77. The largest absolute Gasteiger partial charge is 0.394 e. The lowest BCUT2D eigenvalue weighted by atomic mass is 9.88. The van der Waals surface area contributed by atoms with Crippen LogP contribution in [0.4, 0.5) is 0 Å². The molecule has 3 aromatic rings. The Balaban J connectivity index is 0.841. The number of nitrogens with one attached hydrogen (secondary N) is 4. The summed E-state index contributed by atoms with van der Waals surface area (Å²) in [5.41, 5.74) is 6.19. The molecular weight excluding hydrogens is 1460 g/mol. The van der Waals surface area contributed by atoms with Gasteiger partial charge in [-0.3, -0.25) is 19.2 Å². The van der Waals surface area contributed by atoms with E-state index in [9.17, 15) is 39.6 Å². The number of rotatable bonds is 66. The van der Waals surface area contributed by atoms with Gasteiger partial charge in [-0.15, -0.1) is 15.3 Å². The second-order valence-corrected chi connectivity index (χ2v) is 26.5. The van der Waals surface area contributed by atoms with E-state index < -0.39 is 65.8 Å². The van der Waals surface area contributed by atoms with Crippen LogP contribution in [0.5, 0.6) is 0 Å². The number of aliphatic hydroxyl groups excluding tert-OH is 5. The first-order valence-electron chi connectivity index (χ1n) is 37.4. The standard InChI is InChI=1S/C67H114N16O27/c1-50(85)71-57-59(89)61(91)66(48-107-63(57)109-66)46-102-35-33-100-31-29-98-26-22-94-18-14-82-38-53(75-79-82)41-105-44-65(73-56(88)10-6-3-7-11-69-55(87)9-5-4-8-12-70-77-68,43-104-40-52-37-81(78-74-52)13-17-93-21-25-97-28-24-96-20-16-84)45-106-42-54-39-83(80-76-54)15-19-95-23-27-99-30-32-101-34-36-103-47-67-49-108-64(110-67)58(72-51(2)86)60(90)62(67)92/h37-39,57-64,84,89-92H,3-36,40-49H2,1-2H3,(H,69,87)(H,71,85)(H,72,86)(H,73,88)/t57-,58-,59-,60-,61-,62-,63+,64+,66+,67+/m1/s1. The first kappa shape index (κ1) is 90.9. The summed E-state index contributed by atoms with van der Waals surface area (Å²) in [4.78, 5) is 52.4. The Morgan fingerprint density at radius 2 is 0.873 bits per heavy atom. The molecule has 10 atom stereocenters. The third-order valence-corrected chi connectivity index (χ3v) is 17.4. The van der Waals surface area contributed by atoms with E-state index in [1.54, 1.807) is 32.6 Å². The molecule has 0 saturated carbocycles. The SMILES string of the molecule is CC(=O)N[C@H]1[C@H]2OC[C@](COCCOCCOCCOCCn3cc(COCC(COCc4cn(CCOCCOCCOCCO)nn4)(COCc4cn(CCOCCOCCOCCOC[C@@]56CO[C@@H](O5)[C@H](NC(C)=O)[C@@H](O)[C@H]6O)nn4)NC(=O)CCCCCNC(=O)CCCCCN=[N+]=[N-])nn3)(O2)[C@H](O)[C@@H]1O. The normalized spacial score (nSPS) is 22.6. The topological polar surface area (TPSA) is 525 Å². The summed E-state index contributed by atoms with van der Waals surface area (Å²) < 4.78 is 109. The predicted molar refractivity (Wildman–Crippen MR) is 376 cm³/mol. The Morgan fingerprint density at radius 1 is 0.509 bits per heavy atom. The average Bonchev–Trinajstić information content (AvgIpc) is 1.59. The highest BCUT2D eigenvalue weighted by Crippen LogP contribution is 2.39. The number of nitrogens with zero attached hydrogens (tertiary/aromatic N) is 12. The molecule has 0 unspecified atom stereocenters. The Morgan fingerprint density at radius 3 is 1.25 bits per heavy atom. The second kappa shape index (κ2) is 52.2. The summed E-state index contributed by atoms with van der Waals surface area (Å²) >= 11 is 0. The lowest BCUT2D eigenvalue weighted by molar-refractivity contribution is -0.238. The van der Waals surface area contributed by atoms with Crippen LogP contribution < -0.4 is 21.3 Å². The van der Waals surface area contributed by atoms with Crippen molar-refractivity contribution in [3.63, 3.8) is 0 Å². The van der Waals surface area contributed by atoms with Gasteiger partial charge in [0.25, 0.3) is 0 Å². The molecule has 4 aliphatic rings. The van der Waals surface area contributed by atoms with E-state index in [-0.39, 0.29) is 136 Å². The van der Waals surface area contributed by atoms with Gasteiger partial charge in [-0.25, -0.2) is 14.0 Å². The van der Waals surface area contributed by atoms with Gasteiger partial charge in [-0.2, -0.15) is 0 Å². The fraction of sp³-hybridized carbons (Fsp3) is 0.851. The minimum absolute atomic E-state index is 0.00226. The smallest absolute Gasteiger partial charge is 0.220 e. The van der Waals surface area contributed by atoms with Crippen molar-refractivity contribution in [2.24, 2.45) is 5.11 Å². The third kappa shape index (κ3) is 33.4. The van der Waals surface area contributed by atoms with Gasteiger partial charge < -0.3 is 132 Å². The summed E-state index contributed by atoms with van der Waals surface area (Å²) in [6.45, 7) is 10.1. The van der Waals surface area contributed by atoms with Crippen LogP contribution in [0.3, 0.4) is 0 Å². The van der Waals surface area contributed by atoms with Crippen molar-refractivity contribution in [2.75, 3.05) is 198 Å². The number of aliphatic hydroxyl groups is 5. The molecule has 0 spiro atoms. The molecule has 0 aromatic carbocycles. The van der Waals surface area contributed by atoms with Gasteiger partial charge in [0.1, 0.15) is 70.3 Å². The van der Waals surface area contributed by atoms with Gasteiger partial charge in [0, 0.05) is 44.7 Å². The number of carbonyl (C=O) groups is 4. The van der Waals surface area contributed by atoms with E-state index >= 15 is 0 Å². The first-order valence-corrected chi connectivity index (χ1v) is 37.4. The van der Waals surface area contributed by atoms with Crippen LogP contribution in [0.15, 0.2) is 23.7 Å². The Hall–Kier alpha value is -6.31. The van der Waals surface area contributed by atoms with Crippen LogP contribution in [0.25, 0.3) is 10.4 Å². The molecule has 43 nitrogen and oxygen atoms in total.